The molecule has 3 aromatic rings. The number of carbonyl (C=O) groups is 1. The van der Waals surface area contributed by atoms with Crippen LogP contribution in [0.4, 0.5) is 13.2 Å². The molecule has 32 heavy (non-hydrogen) atoms. The molecule has 1 saturated heterocycles. The number of Topliss-reactive ketones (excluding diaryl/α,β-unsaturated/α-hetero) is 1. The number of alkyl halides is 3. The maximum Gasteiger partial charge on any atom is 0.417 e. The van der Waals surface area contributed by atoms with Crippen LogP contribution in [0.25, 0.3) is 10.9 Å². The lowest BCUT2D eigenvalue weighted by Gasteiger charge is -2.20. The van der Waals surface area contributed by atoms with E-state index in [1.807, 2.05) is 30.3 Å². The molecule has 4 rings (SSSR count). The minimum absolute atomic E-state index is 0.0552. The van der Waals surface area contributed by atoms with Gasteiger partial charge in [-0.25, -0.2) is 4.98 Å². The van der Waals surface area contributed by atoms with Crippen molar-refractivity contribution in [2.75, 3.05) is 6.54 Å². The molecule has 0 saturated carbocycles. The van der Waals surface area contributed by atoms with E-state index in [1.165, 1.54) is 12.1 Å². The van der Waals surface area contributed by atoms with E-state index in [2.05, 4.69) is 10.3 Å². The van der Waals surface area contributed by atoms with Crippen molar-refractivity contribution in [2.45, 2.75) is 44.3 Å². The first-order chi connectivity index (χ1) is 15.3. The topological polar surface area (TPSA) is 73.2 Å². The molecule has 6 nitrogen and oxygen atoms in total. The zero-order chi connectivity index (χ0) is 22.7. The van der Waals surface area contributed by atoms with Gasteiger partial charge in [-0.1, -0.05) is 36.4 Å². The van der Waals surface area contributed by atoms with Gasteiger partial charge in [-0.3, -0.25) is 14.2 Å². The van der Waals surface area contributed by atoms with E-state index in [1.54, 1.807) is 0 Å². The van der Waals surface area contributed by atoms with E-state index in [-0.39, 0.29) is 36.4 Å². The lowest BCUT2D eigenvalue weighted by Crippen LogP contribution is -2.36. The van der Waals surface area contributed by atoms with E-state index < -0.39 is 22.7 Å². The van der Waals surface area contributed by atoms with Crippen molar-refractivity contribution in [1.29, 1.82) is 0 Å². The number of benzene rings is 2. The highest BCUT2D eigenvalue weighted by Gasteiger charge is 2.34. The average Bonchev–Trinajstić information content (AvgIpc) is 3.20. The molecule has 0 spiro atoms. The summed E-state index contributed by atoms with van der Waals surface area (Å²) in [6.45, 7) is 0.771. The Kier molecular flexibility index (Phi) is 6.38. The highest BCUT2D eigenvalue weighted by atomic mass is 19.4. The van der Waals surface area contributed by atoms with Crippen molar-refractivity contribution in [3.8, 4) is 0 Å². The fraction of sp³-hybridized carbons (Fsp3) is 0.348. The van der Waals surface area contributed by atoms with Gasteiger partial charge in [0.05, 0.1) is 42.0 Å². The van der Waals surface area contributed by atoms with Crippen LogP contribution in [0, 0.1) is 0 Å². The van der Waals surface area contributed by atoms with Gasteiger partial charge in [-0.2, -0.15) is 13.2 Å². The van der Waals surface area contributed by atoms with Gasteiger partial charge in [0.15, 0.2) is 5.78 Å². The molecule has 0 radical (unpaired) electrons. The van der Waals surface area contributed by atoms with Crippen LogP contribution in [0.3, 0.4) is 0 Å². The van der Waals surface area contributed by atoms with Crippen molar-refractivity contribution in [2.24, 2.45) is 0 Å². The average molecular weight is 445 g/mol. The van der Waals surface area contributed by atoms with Crippen LogP contribution in [-0.2, 0) is 28.9 Å². The second-order valence-electron chi connectivity index (χ2n) is 7.80. The third-order valence-corrected chi connectivity index (χ3v) is 5.54. The number of nitrogens with one attached hydrogen (secondary N) is 1. The lowest BCUT2D eigenvalue weighted by atomic mass is 10.1. The molecule has 1 N–H and O–H groups in total. The van der Waals surface area contributed by atoms with E-state index >= 15 is 0 Å². The molecular formula is C23H22F3N3O3. The Hall–Kier alpha value is -3.04. The van der Waals surface area contributed by atoms with Crippen molar-refractivity contribution in [1.82, 2.24) is 14.9 Å². The van der Waals surface area contributed by atoms with Gasteiger partial charge in [0, 0.05) is 12.5 Å². The number of aromatic nitrogens is 2. The van der Waals surface area contributed by atoms with Gasteiger partial charge < -0.3 is 10.1 Å². The van der Waals surface area contributed by atoms with Gasteiger partial charge in [-0.05, 0) is 30.7 Å². The summed E-state index contributed by atoms with van der Waals surface area (Å²) in [6.07, 6.45) is -2.89. The molecule has 0 amide bonds. The monoisotopic (exact) mass is 445 g/mol. The predicted molar refractivity (Wildman–Crippen MR) is 112 cm³/mol. The Morgan fingerprint density at radius 2 is 1.94 bits per heavy atom. The predicted octanol–water partition coefficient (Wildman–Crippen LogP) is 3.32. The van der Waals surface area contributed by atoms with E-state index in [0.29, 0.717) is 13.2 Å². The number of ketones is 1. The Morgan fingerprint density at radius 3 is 2.69 bits per heavy atom. The SMILES string of the molecule is O=C(C[C@H]1NCC[C@@H]1OCc1ccccc1)Cn1cnc2cccc(C(F)(F)F)c2c1=O. The lowest BCUT2D eigenvalue weighted by molar-refractivity contribution is -0.136. The first-order valence-corrected chi connectivity index (χ1v) is 10.3. The van der Waals surface area contributed by atoms with Crippen molar-refractivity contribution >= 4 is 16.7 Å². The fourth-order valence-electron chi connectivity index (χ4n) is 3.97. The van der Waals surface area contributed by atoms with Crippen LogP contribution in [0.5, 0.6) is 0 Å². The Balaban J connectivity index is 1.46. The summed E-state index contributed by atoms with van der Waals surface area (Å²) in [6, 6.07) is 12.8. The minimum Gasteiger partial charge on any atom is -0.372 e. The summed E-state index contributed by atoms with van der Waals surface area (Å²) in [4.78, 5) is 29.3. The quantitative estimate of drug-likeness (QED) is 0.604. The summed E-state index contributed by atoms with van der Waals surface area (Å²) in [5, 5.41) is 2.71. The first kappa shape index (κ1) is 22.2. The highest BCUT2D eigenvalue weighted by Crippen LogP contribution is 2.32. The molecule has 1 aliphatic rings. The summed E-state index contributed by atoms with van der Waals surface area (Å²) >= 11 is 0. The van der Waals surface area contributed by atoms with Gasteiger partial charge in [0.2, 0.25) is 0 Å². The zero-order valence-corrected chi connectivity index (χ0v) is 17.1. The molecule has 0 unspecified atom stereocenters. The second-order valence-corrected chi connectivity index (χ2v) is 7.80. The number of hydrogen-bond acceptors (Lipinski definition) is 5. The number of hydrogen-bond donors (Lipinski definition) is 1. The molecule has 9 heteroatoms. The number of ether oxygens (including phenoxy) is 1. The van der Waals surface area contributed by atoms with Crippen molar-refractivity contribution in [3.05, 3.63) is 76.3 Å². The maximum atomic E-state index is 13.3. The molecule has 1 aromatic heterocycles. The molecule has 2 atom stereocenters. The molecule has 2 heterocycles. The normalized spacial score (nSPS) is 18.8. The minimum atomic E-state index is -4.69. The zero-order valence-electron chi connectivity index (χ0n) is 17.1. The summed E-state index contributed by atoms with van der Waals surface area (Å²) < 4.78 is 46.9. The van der Waals surface area contributed by atoms with Gasteiger partial charge >= 0.3 is 6.18 Å². The molecule has 0 aliphatic carbocycles. The van der Waals surface area contributed by atoms with Crippen LogP contribution in [-0.4, -0.2) is 34.0 Å². The van der Waals surface area contributed by atoms with Crippen molar-refractivity contribution in [3.63, 3.8) is 0 Å². The molecule has 1 fully saturated rings. The molecule has 0 bridgehead atoms. The molecule has 168 valence electrons. The summed E-state index contributed by atoms with van der Waals surface area (Å²) in [5.41, 5.74) is -0.965. The van der Waals surface area contributed by atoms with Gasteiger partial charge in [0.1, 0.15) is 0 Å². The van der Waals surface area contributed by atoms with E-state index in [0.717, 1.165) is 28.9 Å². The van der Waals surface area contributed by atoms with Gasteiger partial charge in [-0.15, -0.1) is 0 Å². The molecule has 2 aromatic carbocycles. The van der Waals surface area contributed by atoms with Crippen LogP contribution in [0.15, 0.2) is 59.7 Å². The molecular weight excluding hydrogens is 423 g/mol. The van der Waals surface area contributed by atoms with Crippen LogP contribution < -0.4 is 10.9 Å². The second kappa shape index (κ2) is 9.22. The van der Waals surface area contributed by atoms with Gasteiger partial charge in [0.25, 0.3) is 5.56 Å². The standard InChI is InChI=1S/C23H22F3N3O3/c24-23(25,26)17-7-4-8-18-21(17)22(31)29(14-28-18)12-16(30)11-19-20(9-10-27-19)32-13-15-5-2-1-3-6-15/h1-8,14,19-20,27H,9-13H2/t19-,20+/m1/s1. The smallest absolute Gasteiger partial charge is 0.372 e. The first-order valence-electron chi connectivity index (χ1n) is 10.3. The van der Waals surface area contributed by atoms with E-state index in [4.69, 9.17) is 4.74 Å². The number of nitrogens with zero attached hydrogens (tertiary/aromatic N) is 2. The largest absolute Gasteiger partial charge is 0.417 e. The molecule has 1 aliphatic heterocycles. The van der Waals surface area contributed by atoms with Crippen LogP contribution in [0.1, 0.15) is 24.0 Å². The van der Waals surface area contributed by atoms with Crippen molar-refractivity contribution < 1.29 is 22.7 Å². The number of halogens is 3. The summed E-state index contributed by atoms with van der Waals surface area (Å²) in [7, 11) is 0. The Bertz CT molecular complexity index is 1160. The highest BCUT2D eigenvalue weighted by molar-refractivity contribution is 5.83. The number of rotatable bonds is 7. The fourth-order valence-corrected chi connectivity index (χ4v) is 3.97. The van der Waals surface area contributed by atoms with E-state index in [9.17, 15) is 22.8 Å². The third-order valence-electron chi connectivity index (χ3n) is 5.54. The number of fused-ring (bicyclic) bond motifs is 1. The van der Waals surface area contributed by atoms with Crippen LogP contribution >= 0.6 is 0 Å². The Morgan fingerprint density at radius 1 is 1.16 bits per heavy atom. The maximum absolute atomic E-state index is 13.3. The summed E-state index contributed by atoms with van der Waals surface area (Å²) in [5.74, 6) is -0.287. The number of carbonyl (C=O) groups excluding carboxylic acids is 1. The van der Waals surface area contributed by atoms with Crippen LogP contribution in [0.2, 0.25) is 0 Å². The Labute approximate surface area is 182 Å². The third kappa shape index (κ3) is 4.89.